The van der Waals surface area contributed by atoms with Gasteiger partial charge in [-0.2, -0.15) is 5.10 Å². The summed E-state index contributed by atoms with van der Waals surface area (Å²) in [6.07, 6.45) is 1.40. The predicted molar refractivity (Wildman–Crippen MR) is 147 cm³/mol. The number of hydrogen-bond acceptors (Lipinski definition) is 7. The van der Waals surface area contributed by atoms with Crippen molar-refractivity contribution in [2.24, 2.45) is 0 Å². The fourth-order valence-corrected chi connectivity index (χ4v) is 5.07. The van der Waals surface area contributed by atoms with E-state index in [-0.39, 0.29) is 24.8 Å². The number of urea groups is 1. The second-order valence-corrected chi connectivity index (χ2v) is 10.2. The molecule has 9 nitrogen and oxygen atoms in total. The minimum absolute atomic E-state index is 0.00385. The number of H-pyrrole nitrogens is 1. The van der Waals surface area contributed by atoms with Crippen molar-refractivity contribution in [2.75, 3.05) is 5.75 Å². The van der Waals surface area contributed by atoms with Gasteiger partial charge in [-0.25, -0.2) is 9.78 Å². The summed E-state index contributed by atoms with van der Waals surface area (Å²) in [5, 5.41) is 22.7. The van der Waals surface area contributed by atoms with E-state index in [0.717, 1.165) is 33.0 Å². The first-order valence-corrected chi connectivity index (χ1v) is 13.8. The van der Waals surface area contributed by atoms with Gasteiger partial charge in [-0.05, 0) is 22.3 Å². The Kier molecular flexibility index (Phi) is 9.23. The maximum atomic E-state index is 12.2. The van der Waals surface area contributed by atoms with Crippen LogP contribution in [0.1, 0.15) is 46.6 Å². The van der Waals surface area contributed by atoms with Crippen LogP contribution in [0.15, 0.2) is 90.3 Å². The SMILES string of the molecule is O=C(NCc1ccccc1)NCc1ccc([C@@H]2O[C@H](CSc3ncn[nH]3)C[C@H](c3ccc(CO)cc3)O2)cc1. The second kappa shape index (κ2) is 13.4. The van der Waals surface area contributed by atoms with Crippen LogP contribution in [0.4, 0.5) is 4.79 Å². The molecule has 0 radical (unpaired) electrons. The number of nitrogens with one attached hydrogen (secondary N) is 3. The lowest BCUT2D eigenvalue weighted by Crippen LogP contribution is -2.34. The number of carbonyl (C=O) groups excluding carboxylic acids is 1. The van der Waals surface area contributed by atoms with Crippen molar-refractivity contribution in [2.45, 2.75) is 49.8 Å². The molecule has 1 aliphatic heterocycles. The van der Waals surface area contributed by atoms with Crippen molar-refractivity contribution in [3.63, 3.8) is 0 Å². The summed E-state index contributed by atoms with van der Waals surface area (Å²) in [5.74, 6) is 0.695. The third kappa shape index (κ3) is 7.67. The average molecular weight is 546 g/mol. The molecular formula is C29H31N5O4S. The summed E-state index contributed by atoms with van der Waals surface area (Å²) < 4.78 is 12.8. The summed E-state index contributed by atoms with van der Waals surface area (Å²) in [6, 6.07) is 25.3. The molecule has 0 unspecified atom stereocenters. The number of ether oxygens (including phenoxy) is 2. The summed E-state index contributed by atoms with van der Waals surface area (Å²) in [5.41, 5.74) is 4.82. The predicted octanol–water partition coefficient (Wildman–Crippen LogP) is 4.63. The summed E-state index contributed by atoms with van der Waals surface area (Å²) in [6.45, 7) is 0.884. The molecule has 1 aliphatic rings. The molecule has 10 heteroatoms. The Hall–Kier alpha value is -3.70. The van der Waals surface area contributed by atoms with E-state index in [1.807, 2.05) is 78.9 Å². The topological polar surface area (TPSA) is 121 Å². The van der Waals surface area contributed by atoms with E-state index in [9.17, 15) is 9.90 Å². The van der Waals surface area contributed by atoms with Gasteiger partial charge in [-0.15, -0.1) is 0 Å². The minimum Gasteiger partial charge on any atom is -0.392 e. The third-order valence-corrected chi connectivity index (χ3v) is 7.42. The molecule has 3 atom stereocenters. The van der Waals surface area contributed by atoms with Crippen LogP contribution < -0.4 is 10.6 Å². The molecule has 202 valence electrons. The zero-order valence-electron chi connectivity index (χ0n) is 21.3. The van der Waals surface area contributed by atoms with E-state index in [2.05, 4.69) is 25.8 Å². The van der Waals surface area contributed by atoms with Crippen molar-refractivity contribution in [3.8, 4) is 0 Å². The number of thioether (sulfide) groups is 1. The highest BCUT2D eigenvalue weighted by atomic mass is 32.2. The molecule has 0 saturated carbocycles. The number of hydrogen-bond donors (Lipinski definition) is 4. The summed E-state index contributed by atoms with van der Waals surface area (Å²) >= 11 is 1.56. The second-order valence-electron chi connectivity index (χ2n) is 9.22. The number of aliphatic hydroxyl groups excluding tert-OH is 1. The number of benzene rings is 3. The molecule has 3 aromatic carbocycles. The molecule has 1 aromatic heterocycles. The molecule has 1 saturated heterocycles. The van der Waals surface area contributed by atoms with Gasteiger partial charge < -0.3 is 25.2 Å². The molecule has 0 bridgehead atoms. The lowest BCUT2D eigenvalue weighted by molar-refractivity contribution is -0.245. The molecule has 5 rings (SSSR count). The summed E-state index contributed by atoms with van der Waals surface area (Å²) in [4.78, 5) is 16.4. The molecular weight excluding hydrogens is 514 g/mol. The maximum absolute atomic E-state index is 12.2. The highest BCUT2D eigenvalue weighted by molar-refractivity contribution is 7.99. The van der Waals surface area contributed by atoms with E-state index in [1.54, 1.807) is 11.8 Å². The third-order valence-electron chi connectivity index (χ3n) is 6.41. The van der Waals surface area contributed by atoms with Crippen LogP contribution in [0.5, 0.6) is 0 Å². The average Bonchev–Trinajstić information content (AvgIpc) is 3.52. The molecule has 0 aliphatic carbocycles. The Morgan fingerprint density at radius 2 is 1.56 bits per heavy atom. The van der Waals surface area contributed by atoms with Crippen molar-refractivity contribution in [1.82, 2.24) is 25.8 Å². The first-order valence-electron chi connectivity index (χ1n) is 12.8. The van der Waals surface area contributed by atoms with Gasteiger partial charge in [0.05, 0.1) is 18.8 Å². The fourth-order valence-electron chi connectivity index (χ4n) is 4.27. The van der Waals surface area contributed by atoms with E-state index < -0.39 is 6.29 Å². The van der Waals surface area contributed by atoms with Crippen LogP contribution in [0, 0.1) is 0 Å². The molecule has 2 heterocycles. The van der Waals surface area contributed by atoms with Crippen LogP contribution in [0.2, 0.25) is 0 Å². The largest absolute Gasteiger partial charge is 0.392 e. The smallest absolute Gasteiger partial charge is 0.315 e. The van der Waals surface area contributed by atoms with Crippen molar-refractivity contribution in [1.29, 1.82) is 0 Å². The van der Waals surface area contributed by atoms with Crippen LogP contribution in [0.3, 0.4) is 0 Å². The maximum Gasteiger partial charge on any atom is 0.315 e. The van der Waals surface area contributed by atoms with Crippen LogP contribution in [-0.4, -0.2) is 38.2 Å². The van der Waals surface area contributed by atoms with E-state index in [1.165, 1.54) is 6.33 Å². The lowest BCUT2D eigenvalue weighted by Gasteiger charge is -2.36. The molecule has 0 spiro atoms. The van der Waals surface area contributed by atoms with Gasteiger partial charge in [0.2, 0.25) is 0 Å². The number of carbonyl (C=O) groups is 1. The normalized spacial score (nSPS) is 18.9. The van der Waals surface area contributed by atoms with Gasteiger partial charge >= 0.3 is 6.03 Å². The van der Waals surface area contributed by atoms with Crippen molar-refractivity contribution in [3.05, 3.63) is 113 Å². The Morgan fingerprint density at radius 3 is 2.23 bits per heavy atom. The van der Waals surface area contributed by atoms with E-state index in [0.29, 0.717) is 25.3 Å². The van der Waals surface area contributed by atoms with E-state index >= 15 is 0 Å². The Morgan fingerprint density at radius 1 is 0.897 bits per heavy atom. The van der Waals surface area contributed by atoms with Crippen LogP contribution in [0.25, 0.3) is 0 Å². The number of aliphatic hydroxyl groups is 1. The van der Waals surface area contributed by atoms with Gasteiger partial charge in [0.25, 0.3) is 0 Å². The number of aromatic nitrogens is 3. The molecule has 2 amide bonds. The van der Waals surface area contributed by atoms with Crippen LogP contribution in [-0.2, 0) is 29.2 Å². The van der Waals surface area contributed by atoms with Gasteiger partial charge in [0, 0.05) is 30.8 Å². The van der Waals surface area contributed by atoms with Gasteiger partial charge in [-0.3, -0.25) is 5.10 Å². The lowest BCUT2D eigenvalue weighted by atomic mass is 10.0. The number of aromatic amines is 1. The first kappa shape index (κ1) is 26.9. The standard InChI is InChI=1S/C29H31N5O4S/c35-17-22-8-10-23(11-9-22)26-14-25(18-39-29-32-19-33-34-29)37-27(38-26)24-12-6-21(7-13-24)16-31-28(36)30-15-20-4-2-1-3-5-20/h1-13,19,25-27,35H,14-18H2,(H2,30,31,36)(H,32,33,34)/t25-,26+,27+/m0/s1. The highest BCUT2D eigenvalue weighted by Gasteiger charge is 2.32. The van der Waals surface area contributed by atoms with Crippen molar-refractivity contribution < 1.29 is 19.4 Å². The Labute approximate surface area is 231 Å². The zero-order valence-corrected chi connectivity index (χ0v) is 22.1. The first-order chi connectivity index (χ1) is 19.2. The Balaban J connectivity index is 1.20. The Bertz CT molecular complexity index is 1300. The molecule has 39 heavy (non-hydrogen) atoms. The fraction of sp³-hybridized carbons (Fsp3) is 0.276. The number of rotatable bonds is 10. The summed E-state index contributed by atoms with van der Waals surface area (Å²) in [7, 11) is 0. The van der Waals surface area contributed by atoms with Crippen molar-refractivity contribution >= 4 is 17.8 Å². The van der Waals surface area contributed by atoms with Crippen LogP contribution >= 0.6 is 11.8 Å². The zero-order chi connectivity index (χ0) is 26.9. The number of nitrogens with zero attached hydrogens (tertiary/aromatic N) is 2. The molecule has 4 N–H and O–H groups in total. The quantitative estimate of drug-likeness (QED) is 0.214. The highest BCUT2D eigenvalue weighted by Crippen LogP contribution is 2.39. The van der Waals surface area contributed by atoms with E-state index in [4.69, 9.17) is 9.47 Å². The van der Waals surface area contributed by atoms with Gasteiger partial charge in [0.1, 0.15) is 6.33 Å². The minimum atomic E-state index is -0.544. The monoisotopic (exact) mass is 545 g/mol. The molecule has 4 aromatic rings. The van der Waals surface area contributed by atoms with Gasteiger partial charge in [-0.1, -0.05) is 90.6 Å². The van der Waals surface area contributed by atoms with Gasteiger partial charge in [0.15, 0.2) is 11.4 Å². The molecule has 1 fully saturated rings. The number of amides is 2.